The molecule has 0 N–H and O–H groups in total. The summed E-state index contributed by atoms with van der Waals surface area (Å²) in [5.74, 6) is 0. The second-order valence-electron chi connectivity index (χ2n) is 1.25. The van der Waals surface area contributed by atoms with E-state index in [1.807, 2.05) is 0 Å². The van der Waals surface area contributed by atoms with Crippen LogP contribution in [0.1, 0.15) is 0 Å². The van der Waals surface area contributed by atoms with Crippen molar-refractivity contribution in [2.24, 2.45) is 0 Å². The third-order valence-corrected chi connectivity index (χ3v) is 1.28. The normalized spacial score (nSPS) is 10.5. The molecular weight excluding hydrogens is 126 g/mol. The minimum atomic E-state index is 0.523. The van der Waals surface area contributed by atoms with Crippen LogP contribution in [0.15, 0.2) is 10.8 Å². The average Bonchev–Trinajstić information content (AvgIpc) is 2.15. The van der Waals surface area contributed by atoms with Crippen molar-refractivity contribution in [3.8, 4) is 0 Å². The Kier molecular flexibility index (Phi) is 0.621. The van der Waals surface area contributed by atoms with Gasteiger partial charge in [0.1, 0.15) is 0 Å². The molecule has 4 nitrogen and oxygen atoms in total. The SMILES string of the molecule is c1nc2nsnc2o1. The largest absolute Gasteiger partial charge is 0.423 e. The van der Waals surface area contributed by atoms with Gasteiger partial charge in [-0.2, -0.15) is 4.98 Å². The zero-order valence-corrected chi connectivity index (χ0v) is 4.55. The van der Waals surface area contributed by atoms with Gasteiger partial charge in [0, 0.05) is 0 Å². The Morgan fingerprint density at radius 3 is 3.38 bits per heavy atom. The average molecular weight is 127 g/mol. The van der Waals surface area contributed by atoms with E-state index in [9.17, 15) is 0 Å². The van der Waals surface area contributed by atoms with Gasteiger partial charge >= 0.3 is 0 Å². The molecule has 0 aromatic carbocycles. The minimum Gasteiger partial charge on any atom is -0.423 e. The molecule has 0 saturated heterocycles. The van der Waals surface area contributed by atoms with Gasteiger partial charge in [0.05, 0.1) is 11.7 Å². The van der Waals surface area contributed by atoms with Crippen molar-refractivity contribution < 1.29 is 4.42 Å². The summed E-state index contributed by atoms with van der Waals surface area (Å²) in [6.45, 7) is 0. The molecule has 0 amide bonds. The highest BCUT2D eigenvalue weighted by Gasteiger charge is 1.98. The highest BCUT2D eigenvalue weighted by Crippen LogP contribution is 2.06. The summed E-state index contributed by atoms with van der Waals surface area (Å²) in [6, 6.07) is 0. The van der Waals surface area contributed by atoms with Crippen LogP contribution in [0.4, 0.5) is 0 Å². The number of hydrogen-bond acceptors (Lipinski definition) is 5. The summed E-state index contributed by atoms with van der Waals surface area (Å²) in [7, 11) is 0. The Balaban J connectivity index is 3.06. The van der Waals surface area contributed by atoms with Gasteiger partial charge in [0.25, 0.3) is 5.71 Å². The van der Waals surface area contributed by atoms with Crippen molar-refractivity contribution in [1.29, 1.82) is 0 Å². The van der Waals surface area contributed by atoms with E-state index in [1.165, 1.54) is 6.39 Å². The maximum absolute atomic E-state index is 4.78. The Morgan fingerprint density at radius 2 is 2.50 bits per heavy atom. The Morgan fingerprint density at radius 1 is 1.50 bits per heavy atom. The molecule has 0 atom stereocenters. The molecule has 0 radical (unpaired) electrons. The first kappa shape index (κ1) is 3.96. The van der Waals surface area contributed by atoms with Gasteiger partial charge in [-0.15, -0.1) is 8.75 Å². The molecule has 2 aromatic heterocycles. The second kappa shape index (κ2) is 1.25. The van der Waals surface area contributed by atoms with Crippen LogP contribution >= 0.6 is 11.7 Å². The highest BCUT2D eigenvalue weighted by atomic mass is 32.1. The molecule has 40 valence electrons. The quantitative estimate of drug-likeness (QED) is 0.522. The lowest BCUT2D eigenvalue weighted by Gasteiger charge is -1.58. The first-order chi connectivity index (χ1) is 3.97. The van der Waals surface area contributed by atoms with E-state index in [0.29, 0.717) is 11.4 Å². The van der Waals surface area contributed by atoms with E-state index in [-0.39, 0.29) is 0 Å². The van der Waals surface area contributed by atoms with E-state index in [1.54, 1.807) is 0 Å². The number of fused-ring (bicyclic) bond motifs is 1. The van der Waals surface area contributed by atoms with Gasteiger partial charge in [-0.25, -0.2) is 0 Å². The van der Waals surface area contributed by atoms with E-state index < -0.39 is 0 Å². The Labute approximate surface area is 48.5 Å². The third kappa shape index (κ3) is 0.362. The molecule has 0 unspecified atom stereocenters. The lowest BCUT2D eigenvalue weighted by atomic mass is 10.8. The van der Waals surface area contributed by atoms with Crippen molar-refractivity contribution in [1.82, 2.24) is 13.7 Å². The highest BCUT2D eigenvalue weighted by molar-refractivity contribution is 6.99. The lowest BCUT2D eigenvalue weighted by molar-refractivity contribution is 0.593. The molecule has 2 aromatic rings. The maximum Gasteiger partial charge on any atom is 0.279 e. The van der Waals surface area contributed by atoms with Crippen LogP contribution in [0, 0.1) is 0 Å². The van der Waals surface area contributed by atoms with E-state index in [4.69, 9.17) is 4.42 Å². The molecule has 2 rings (SSSR count). The zero-order valence-electron chi connectivity index (χ0n) is 3.74. The van der Waals surface area contributed by atoms with Crippen molar-refractivity contribution in [2.75, 3.05) is 0 Å². The van der Waals surface area contributed by atoms with E-state index >= 15 is 0 Å². The Hall–Kier alpha value is -0.970. The molecule has 0 spiro atoms. The topological polar surface area (TPSA) is 51.8 Å². The number of oxazole rings is 1. The van der Waals surface area contributed by atoms with Gasteiger partial charge in [-0.1, -0.05) is 0 Å². The van der Waals surface area contributed by atoms with Gasteiger partial charge in [-0.3, -0.25) is 0 Å². The van der Waals surface area contributed by atoms with Crippen LogP contribution in [-0.2, 0) is 0 Å². The molecule has 0 aliphatic carbocycles. The van der Waals surface area contributed by atoms with E-state index in [0.717, 1.165) is 11.7 Å². The number of aromatic nitrogens is 3. The molecule has 0 aliphatic rings. The molecule has 0 saturated carbocycles. The summed E-state index contributed by atoms with van der Waals surface area (Å²) in [5.41, 5.74) is 1.12. The predicted molar refractivity (Wildman–Crippen MR) is 27.5 cm³/mol. The molecule has 5 heteroatoms. The minimum absolute atomic E-state index is 0.523. The molecule has 0 aliphatic heterocycles. The Bertz CT molecular complexity index is 236. The van der Waals surface area contributed by atoms with Crippen LogP contribution in [0.3, 0.4) is 0 Å². The standard InChI is InChI=1S/C3HN3OS/c1-4-2-3(7-1)6-8-5-2/h1H. The van der Waals surface area contributed by atoms with Crippen LogP contribution in [0.25, 0.3) is 11.4 Å². The maximum atomic E-state index is 4.78. The monoisotopic (exact) mass is 127 g/mol. The summed E-state index contributed by atoms with van der Waals surface area (Å²) in [6.07, 6.45) is 1.33. The predicted octanol–water partition coefficient (Wildman–Crippen LogP) is 0.679. The zero-order chi connectivity index (χ0) is 5.40. The first-order valence-corrected chi connectivity index (χ1v) is 2.71. The van der Waals surface area contributed by atoms with Crippen molar-refractivity contribution in [3.63, 3.8) is 0 Å². The number of nitrogens with zero attached hydrogens (tertiary/aromatic N) is 3. The second-order valence-corrected chi connectivity index (χ2v) is 1.77. The molecular formula is C3HN3OS. The van der Waals surface area contributed by atoms with Crippen molar-refractivity contribution in [2.45, 2.75) is 0 Å². The van der Waals surface area contributed by atoms with Gasteiger partial charge in [-0.05, 0) is 0 Å². The lowest BCUT2D eigenvalue weighted by Crippen LogP contribution is -1.57. The fourth-order valence-electron chi connectivity index (χ4n) is 0.455. The summed E-state index contributed by atoms with van der Waals surface area (Å²) in [4.78, 5) is 3.75. The van der Waals surface area contributed by atoms with Crippen molar-refractivity contribution >= 4 is 23.1 Å². The van der Waals surface area contributed by atoms with Gasteiger partial charge in [0.15, 0.2) is 6.39 Å². The fraction of sp³-hybridized carbons (Fsp3) is 0. The van der Waals surface area contributed by atoms with Gasteiger partial charge in [0.2, 0.25) is 5.65 Å². The number of hydrogen-bond donors (Lipinski definition) is 0. The first-order valence-electron chi connectivity index (χ1n) is 1.98. The smallest absolute Gasteiger partial charge is 0.279 e. The van der Waals surface area contributed by atoms with Crippen LogP contribution in [0.2, 0.25) is 0 Å². The third-order valence-electron chi connectivity index (χ3n) is 0.782. The van der Waals surface area contributed by atoms with Crippen LogP contribution in [0.5, 0.6) is 0 Å². The van der Waals surface area contributed by atoms with Crippen LogP contribution < -0.4 is 0 Å². The van der Waals surface area contributed by atoms with Crippen molar-refractivity contribution in [3.05, 3.63) is 6.39 Å². The van der Waals surface area contributed by atoms with Gasteiger partial charge < -0.3 is 4.42 Å². The fourth-order valence-corrected chi connectivity index (χ4v) is 0.897. The molecule has 0 bridgehead atoms. The van der Waals surface area contributed by atoms with Crippen LogP contribution in [-0.4, -0.2) is 13.7 Å². The summed E-state index contributed by atoms with van der Waals surface area (Å²) >= 11 is 1.10. The molecule has 8 heavy (non-hydrogen) atoms. The van der Waals surface area contributed by atoms with E-state index in [2.05, 4.69) is 13.7 Å². The molecule has 0 fully saturated rings. The number of rotatable bonds is 0. The molecule has 2 heterocycles. The summed E-state index contributed by atoms with van der Waals surface area (Å²) < 4.78 is 12.4. The summed E-state index contributed by atoms with van der Waals surface area (Å²) in [5, 5.41) is 0.